The van der Waals surface area contributed by atoms with Gasteiger partial charge < -0.3 is 8.98 Å². The number of fused-ring (bicyclic) bond motifs is 10. The molecule has 306 valence electrons. The number of nitrogens with zero attached hydrogens (tertiary/aromatic N) is 1. The Balaban J connectivity index is 0.975. The molecule has 2 heteroatoms. The van der Waals surface area contributed by atoms with Crippen LogP contribution in [0.3, 0.4) is 0 Å². The van der Waals surface area contributed by atoms with Crippen LogP contribution in [0, 0.1) is 0 Å². The van der Waals surface area contributed by atoms with Crippen LogP contribution in [0.1, 0.15) is 0 Å². The van der Waals surface area contributed by atoms with Gasteiger partial charge in [0.15, 0.2) is 0 Å². The molecule has 0 bridgehead atoms. The number of rotatable bonds is 5. The molecule has 14 aromatic rings. The summed E-state index contributed by atoms with van der Waals surface area (Å²) in [6.07, 6.45) is 0. The third kappa shape index (κ3) is 5.36. The molecule has 0 atom stereocenters. The number of para-hydroxylation sites is 3. The predicted octanol–water partition coefficient (Wildman–Crippen LogP) is 18.0. The summed E-state index contributed by atoms with van der Waals surface area (Å²) in [5, 5.41) is 14.5. The lowest BCUT2D eigenvalue weighted by molar-refractivity contribution is 0.669. The molecule has 0 radical (unpaired) electrons. The monoisotopic (exact) mass is 837 g/mol. The second-order valence-corrected chi connectivity index (χ2v) is 17.5. The summed E-state index contributed by atoms with van der Waals surface area (Å²) >= 11 is 0. The zero-order valence-corrected chi connectivity index (χ0v) is 35.9. The number of hydrogen-bond donors (Lipinski definition) is 0. The molecule has 0 aliphatic carbocycles. The number of furan rings is 1. The number of aromatic nitrogens is 1. The largest absolute Gasteiger partial charge is 0.456 e. The minimum atomic E-state index is 0.878. The lowest BCUT2D eigenvalue weighted by Crippen LogP contribution is -1.96. The van der Waals surface area contributed by atoms with E-state index >= 15 is 0 Å². The number of hydrogen-bond acceptors (Lipinski definition) is 1. The summed E-state index contributed by atoms with van der Waals surface area (Å²) in [7, 11) is 0. The molecular weight excluding hydrogens is 799 g/mol. The van der Waals surface area contributed by atoms with Crippen molar-refractivity contribution in [3.05, 3.63) is 237 Å². The summed E-state index contributed by atoms with van der Waals surface area (Å²) < 4.78 is 9.25. The van der Waals surface area contributed by atoms with Crippen LogP contribution in [0.4, 0.5) is 0 Å². The van der Waals surface area contributed by atoms with Gasteiger partial charge in [-0.25, -0.2) is 0 Å². The van der Waals surface area contributed by atoms with Crippen molar-refractivity contribution in [1.82, 2.24) is 4.57 Å². The highest BCUT2D eigenvalue weighted by Gasteiger charge is 2.23. The maximum atomic E-state index is 6.80. The molecule has 12 aromatic carbocycles. The standard InChI is InChI=1S/C64H39NO/c1-3-18-40(19-4-1)60-46-23-7-9-25-48(46)61(49-26-10-8-24-47(49)60)41-35-37-58-56(38-41)45-36-34-42(39-59(45)66-58)62-50-27-11-13-29-52(50)63(53-30-14-12-28-51(53)62)55-32-17-31-54-44-22-15-16-33-57(44)65(64(54)55)43-20-5-2-6-21-43/h1-39H. The van der Waals surface area contributed by atoms with Crippen LogP contribution < -0.4 is 0 Å². The van der Waals surface area contributed by atoms with Gasteiger partial charge in [-0.3, -0.25) is 0 Å². The average Bonchev–Trinajstić information content (AvgIpc) is 3.93. The van der Waals surface area contributed by atoms with E-state index in [4.69, 9.17) is 4.42 Å². The van der Waals surface area contributed by atoms with Gasteiger partial charge in [-0.2, -0.15) is 0 Å². The van der Waals surface area contributed by atoms with E-state index in [1.165, 1.54) is 104 Å². The van der Waals surface area contributed by atoms with E-state index in [2.05, 4.69) is 241 Å². The molecular formula is C64H39NO. The Morgan fingerprint density at radius 1 is 0.258 bits per heavy atom. The van der Waals surface area contributed by atoms with E-state index in [-0.39, 0.29) is 0 Å². The maximum absolute atomic E-state index is 6.80. The fourth-order valence-corrected chi connectivity index (χ4v) is 11.2. The van der Waals surface area contributed by atoms with Crippen LogP contribution in [0.25, 0.3) is 137 Å². The minimum absolute atomic E-state index is 0.878. The smallest absolute Gasteiger partial charge is 0.136 e. The molecule has 0 N–H and O–H groups in total. The topological polar surface area (TPSA) is 18.1 Å². The first-order valence-corrected chi connectivity index (χ1v) is 22.8. The molecule has 0 spiro atoms. The first kappa shape index (κ1) is 36.7. The van der Waals surface area contributed by atoms with Gasteiger partial charge in [-0.05, 0) is 124 Å². The van der Waals surface area contributed by atoms with Gasteiger partial charge in [0.25, 0.3) is 0 Å². The second-order valence-electron chi connectivity index (χ2n) is 17.5. The molecule has 2 aromatic heterocycles. The highest BCUT2D eigenvalue weighted by molar-refractivity contribution is 6.26. The summed E-state index contributed by atoms with van der Waals surface area (Å²) in [4.78, 5) is 0. The van der Waals surface area contributed by atoms with E-state index in [9.17, 15) is 0 Å². The summed E-state index contributed by atoms with van der Waals surface area (Å²) in [5.41, 5.74) is 15.0. The van der Waals surface area contributed by atoms with Crippen molar-refractivity contribution in [3.63, 3.8) is 0 Å². The molecule has 66 heavy (non-hydrogen) atoms. The van der Waals surface area contributed by atoms with E-state index in [0.717, 1.165) is 33.2 Å². The van der Waals surface area contributed by atoms with Crippen molar-refractivity contribution < 1.29 is 4.42 Å². The van der Waals surface area contributed by atoms with Gasteiger partial charge in [0.1, 0.15) is 11.2 Å². The van der Waals surface area contributed by atoms with Crippen LogP contribution >= 0.6 is 0 Å². The van der Waals surface area contributed by atoms with Crippen molar-refractivity contribution in [2.24, 2.45) is 0 Å². The molecule has 0 saturated heterocycles. The van der Waals surface area contributed by atoms with E-state index in [1.54, 1.807) is 0 Å². The predicted molar refractivity (Wildman–Crippen MR) is 280 cm³/mol. The van der Waals surface area contributed by atoms with E-state index in [1.807, 2.05) is 0 Å². The molecule has 2 nitrogen and oxygen atoms in total. The van der Waals surface area contributed by atoms with Gasteiger partial charge in [0, 0.05) is 32.8 Å². The third-order valence-electron chi connectivity index (χ3n) is 14.0. The van der Waals surface area contributed by atoms with Crippen molar-refractivity contribution >= 4 is 86.8 Å². The van der Waals surface area contributed by atoms with Crippen molar-refractivity contribution in [1.29, 1.82) is 0 Å². The fourth-order valence-electron chi connectivity index (χ4n) is 11.2. The van der Waals surface area contributed by atoms with E-state index < -0.39 is 0 Å². The second kappa shape index (κ2) is 14.4. The Morgan fingerprint density at radius 2 is 0.712 bits per heavy atom. The minimum Gasteiger partial charge on any atom is -0.456 e. The normalized spacial score (nSPS) is 11.9. The SMILES string of the molecule is c1ccc(-c2c3ccccc3c(-c3ccc4oc5cc(-c6c7ccccc7c(-c7cccc8c9ccccc9n(-c9ccccc9)c78)c7ccccc67)ccc5c4c3)c3ccccc23)cc1. The van der Waals surface area contributed by atoms with Crippen molar-refractivity contribution in [2.45, 2.75) is 0 Å². The fraction of sp³-hybridized carbons (Fsp3) is 0. The van der Waals surface area contributed by atoms with Crippen LogP contribution in [-0.4, -0.2) is 4.57 Å². The molecule has 0 unspecified atom stereocenters. The van der Waals surface area contributed by atoms with Crippen LogP contribution in [-0.2, 0) is 0 Å². The molecule has 0 saturated carbocycles. The van der Waals surface area contributed by atoms with Gasteiger partial charge in [-0.1, -0.05) is 194 Å². The lowest BCUT2D eigenvalue weighted by Gasteiger charge is -2.19. The molecule has 0 amide bonds. The Hall–Kier alpha value is -8.72. The highest BCUT2D eigenvalue weighted by atomic mass is 16.3. The maximum Gasteiger partial charge on any atom is 0.136 e. The molecule has 14 rings (SSSR count). The average molecular weight is 838 g/mol. The Kier molecular flexibility index (Phi) is 8.02. The van der Waals surface area contributed by atoms with Crippen LogP contribution in [0.5, 0.6) is 0 Å². The Bertz CT molecular complexity index is 4160. The van der Waals surface area contributed by atoms with Crippen LogP contribution in [0.2, 0.25) is 0 Å². The van der Waals surface area contributed by atoms with Gasteiger partial charge in [0.05, 0.1) is 11.0 Å². The number of benzene rings is 12. The first-order chi connectivity index (χ1) is 32.8. The third-order valence-corrected chi connectivity index (χ3v) is 14.0. The summed E-state index contributed by atoms with van der Waals surface area (Å²) in [6, 6.07) is 86.3. The molecule has 2 heterocycles. The zero-order chi connectivity index (χ0) is 43.3. The molecule has 0 fully saturated rings. The zero-order valence-electron chi connectivity index (χ0n) is 35.9. The lowest BCUT2D eigenvalue weighted by atomic mass is 9.85. The van der Waals surface area contributed by atoms with Gasteiger partial charge >= 0.3 is 0 Å². The summed E-state index contributed by atoms with van der Waals surface area (Å²) in [6.45, 7) is 0. The first-order valence-electron chi connectivity index (χ1n) is 22.8. The Morgan fingerprint density at radius 3 is 1.30 bits per heavy atom. The quantitative estimate of drug-likeness (QED) is 0.158. The van der Waals surface area contributed by atoms with Crippen molar-refractivity contribution in [3.8, 4) is 50.2 Å². The summed E-state index contributed by atoms with van der Waals surface area (Å²) in [5.74, 6) is 0. The molecule has 0 aliphatic heterocycles. The molecule has 0 aliphatic rings. The van der Waals surface area contributed by atoms with Gasteiger partial charge in [-0.15, -0.1) is 0 Å². The Labute approximate surface area is 380 Å². The van der Waals surface area contributed by atoms with Crippen LogP contribution in [0.15, 0.2) is 241 Å². The van der Waals surface area contributed by atoms with E-state index in [0.29, 0.717) is 0 Å². The van der Waals surface area contributed by atoms with Gasteiger partial charge in [0.2, 0.25) is 0 Å². The highest BCUT2D eigenvalue weighted by Crippen LogP contribution is 2.49. The van der Waals surface area contributed by atoms with Crippen molar-refractivity contribution in [2.75, 3.05) is 0 Å².